The highest BCUT2D eigenvalue weighted by atomic mass is 16.3. The van der Waals surface area contributed by atoms with Gasteiger partial charge in [-0.25, -0.2) is 9.97 Å². The molecule has 6 heteroatoms. The quantitative estimate of drug-likeness (QED) is 0.721. The van der Waals surface area contributed by atoms with Gasteiger partial charge in [-0.3, -0.25) is 4.79 Å². The summed E-state index contributed by atoms with van der Waals surface area (Å²) in [6.45, 7) is 8.13. The maximum atomic E-state index is 12.9. The minimum Gasteiger partial charge on any atom is -0.393 e. The Balaban J connectivity index is 1.73. The molecule has 1 saturated carbocycles. The van der Waals surface area contributed by atoms with Crippen LogP contribution in [0.2, 0.25) is 0 Å². The number of hydrogen-bond donors (Lipinski definition) is 3. The van der Waals surface area contributed by atoms with Gasteiger partial charge in [-0.1, -0.05) is 13.8 Å². The number of aliphatic hydroxyl groups is 1. The van der Waals surface area contributed by atoms with Crippen molar-refractivity contribution in [1.82, 2.24) is 20.6 Å². The van der Waals surface area contributed by atoms with Crippen LogP contribution in [0, 0.1) is 24.7 Å². The van der Waals surface area contributed by atoms with Crippen LogP contribution in [0.5, 0.6) is 0 Å². The van der Waals surface area contributed by atoms with Crippen molar-refractivity contribution in [2.24, 2.45) is 17.8 Å². The highest BCUT2D eigenvalue weighted by Crippen LogP contribution is 2.35. The summed E-state index contributed by atoms with van der Waals surface area (Å²) in [7, 11) is 0. The topological polar surface area (TPSA) is 87.1 Å². The molecule has 1 aromatic rings. The number of rotatable bonds is 6. The van der Waals surface area contributed by atoms with Crippen molar-refractivity contribution in [3.8, 4) is 0 Å². The van der Waals surface area contributed by atoms with E-state index in [-0.39, 0.29) is 18.1 Å². The lowest BCUT2D eigenvalue weighted by atomic mass is 9.71. The fourth-order valence-electron chi connectivity index (χ4n) is 4.24. The molecule has 2 fully saturated rings. The second kappa shape index (κ2) is 8.44. The minimum atomic E-state index is -0.208. The molecule has 1 atom stereocenters. The molecule has 1 unspecified atom stereocenters. The van der Waals surface area contributed by atoms with Crippen LogP contribution in [0.1, 0.15) is 61.5 Å². The Morgan fingerprint density at radius 3 is 2.58 bits per heavy atom. The first kappa shape index (κ1) is 19.2. The zero-order chi connectivity index (χ0) is 18.7. The third kappa shape index (κ3) is 4.80. The Hall–Kier alpha value is -1.53. The van der Waals surface area contributed by atoms with Crippen molar-refractivity contribution in [2.75, 3.05) is 13.1 Å². The van der Waals surface area contributed by atoms with E-state index in [2.05, 4.69) is 34.4 Å². The maximum Gasteiger partial charge on any atom is 0.270 e. The molecular weight excluding hydrogens is 328 g/mol. The van der Waals surface area contributed by atoms with Gasteiger partial charge in [0, 0.05) is 11.7 Å². The number of piperidine rings is 1. The minimum absolute atomic E-state index is 0.106. The van der Waals surface area contributed by atoms with Crippen LogP contribution in [0.4, 0.5) is 0 Å². The average molecular weight is 361 g/mol. The molecular formula is C20H32N4O2. The first-order chi connectivity index (χ1) is 12.4. The fourth-order valence-corrected chi connectivity index (χ4v) is 4.24. The van der Waals surface area contributed by atoms with Crippen LogP contribution in [0.15, 0.2) is 6.07 Å². The van der Waals surface area contributed by atoms with Crippen LogP contribution in [0.25, 0.3) is 0 Å². The fraction of sp³-hybridized carbons (Fsp3) is 0.750. The van der Waals surface area contributed by atoms with Gasteiger partial charge in [0.15, 0.2) is 0 Å². The van der Waals surface area contributed by atoms with Crippen molar-refractivity contribution in [2.45, 2.75) is 65.0 Å². The van der Waals surface area contributed by atoms with Gasteiger partial charge in [-0.15, -0.1) is 0 Å². The van der Waals surface area contributed by atoms with E-state index in [9.17, 15) is 9.90 Å². The predicted molar refractivity (Wildman–Crippen MR) is 101 cm³/mol. The van der Waals surface area contributed by atoms with E-state index in [1.165, 1.54) is 0 Å². The molecule has 0 radical (unpaired) electrons. The average Bonchev–Trinajstić information content (AvgIpc) is 2.56. The number of aromatic nitrogens is 2. The number of amides is 1. The van der Waals surface area contributed by atoms with E-state index in [1.807, 2.05) is 13.0 Å². The molecule has 144 valence electrons. The van der Waals surface area contributed by atoms with Gasteiger partial charge in [0.1, 0.15) is 11.5 Å². The highest BCUT2D eigenvalue weighted by Gasteiger charge is 2.39. The molecule has 1 saturated heterocycles. The van der Waals surface area contributed by atoms with E-state index in [1.54, 1.807) is 0 Å². The van der Waals surface area contributed by atoms with Crippen molar-refractivity contribution in [3.05, 3.63) is 23.3 Å². The summed E-state index contributed by atoms with van der Waals surface area (Å²) in [5.41, 5.74) is 1.39. The summed E-state index contributed by atoms with van der Waals surface area (Å²) in [4.78, 5) is 21.8. The molecule has 0 bridgehead atoms. The number of carbonyl (C=O) groups excluding carboxylic acids is 1. The summed E-state index contributed by atoms with van der Waals surface area (Å²) in [6.07, 6.45) is 4.35. The van der Waals surface area contributed by atoms with Crippen molar-refractivity contribution in [3.63, 3.8) is 0 Å². The van der Waals surface area contributed by atoms with Crippen LogP contribution in [-0.4, -0.2) is 46.2 Å². The molecule has 2 aliphatic rings. The highest BCUT2D eigenvalue weighted by molar-refractivity contribution is 5.92. The summed E-state index contributed by atoms with van der Waals surface area (Å²) >= 11 is 0. The lowest BCUT2D eigenvalue weighted by molar-refractivity contribution is 0.00913. The van der Waals surface area contributed by atoms with Gasteiger partial charge in [-0.05, 0) is 75.9 Å². The Kier molecular flexibility index (Phi) is 6.24. The van der Waals surface area contributed by atoms with Crippen LogP contribution < -0.4 is 10.6 Å². The number of hydrogen-bond acceptors (Lipinski definition) is 5. The van der Waals surface area contributed by atoms with Gasteiger partial charge in [0.2, 0.25) is 0 Å². The molecule has 0 aromatic carbocycles. The van der Waals surface area contributed by atoms with E-state index in [0.29, 0.717) is 29.3 Å². The number of nitrogens with one attached hydrogen (secondary N) is 2. The van der Waals surface area contributed by atoms with Gasteiger partial charge in [0.05, 0.1) is 6.10 Å². The van der Waals surface area contributed by atoms with Crippen molar-refractivity contribution in [1.29, 1.82) is 0 Å². The van der Waals surface area contributed by atoms with Gasteiger partial charge in [-0.2, -0.15) is 0 Å². The van der Waals surface area contributed by atoms with Gasteiger partial charge >= 0.3 is 0 Å². The van der Waals surface area contributed by atoms with Crippen LogP contribution >= 0.6 is 0 Å². The zero-order valence-electron chi connectivity index (χ0n) is 16.2. The van der Waals surface area contributed by atoms with Crippen molar-refractivity contribution >= 4 is 5.91 Å². The van der Waals surface area contributed by atoms with E-state index < -0.39 is 0 Å². The van der Waals surface area contributed by atoms with Crippen LogP contribution in [0.3, 0.4) is 0 Å². The molecule has 1 aliphatic carbocycles. The molecule has 1 amide bonds. The second-order valence-corrected chi connectivity index (χ2v) is 8.36. The predicted octanol–water partition coefficient (Wildman–Crippen LogP) is 1.85. The standard InChI is InChI=1S/C20H32N4O2/c1-12(2)8-16-11-18(23-13(3)22-16)20(26)24-19(15-9-17(25)10-15)14-4-6-21-7-5-14/h11-12,14-15,17,19,21,25H,4-10H2,1-3H3,(H,24,26). The first-order valence-corrected chi connectivity index (χ1v) is 9.96. The Bertz CT molecular complexity index is 622. The zero-order valence-corrected chi connectivity index (χ0v) is 16.2. The molecule has 1 aromatic heterocycles. The number of carbonyl (C=O) groups is 1. The third-order valence-corrected chi connectivity index (χ3v) is 5.59. The molecule has 2 heterocycles. The molecule has 3 N–H and O–H groups in total. The molecule has 0 spiro atoms. The van der Waals surface area contributed by atoms with Crippen LogP contribution in [-0.2, 0) is 6.42 Å². The second-order valence-electron chi connectivity index (χ2n) is 8.36. The number of nitrogens with zero attached hydrogens (tertiary/aromatic N) is 2. The number of aliphatic hydroxyl groups excluding tert-OH is 1. The lowest BCUT2D eigenvalue weighted by Gasteiger charge is -2.43. The Morgan fingerprint density at radius 2 is 1.96 bits per heavy atom. The third-order valence-electron chi connectivity index (χ3n) is 5.59. The molecule has 26 heavy (non-hydrogen) atoms. The normalized spacial score (nSPS) is 25.0. The van der Waals surface area contributed by atoms with Gasteiger partial charge in [0.25, 0.3) is 5.91 Å². The van der Waals surface area contributed by atoms with Gasteiger partial charge < -0.3 is 15.7 Å². The molecule has 1 aliphatic heterocycles. The summed E-state index contributed by atoms with van der Waals surface area (Å²) in [5, 5.41) is 16.4. The monoisotopic (exact) mass is 360 g/mol. The Morgan fingerprint density at radius 1 is 1.27 bits per heavy atom. The van der Waals surface area contributed by atoms with E-state index in [4.69, 9.17) is 0 Å². The number of aryl methyl sites for hydroxylation is 1. The lowest BCUT2D eigenvalue weighted by Crippen LogP contribution is -2.53. The maximum absolute atomic E-state index is 12.9. The summed E-state index contributed by atoms with van der Waals surface area (Å²) < 4.78 is 0. The Labute approximate surface area is 156 Å². The molecule has 6 nitrogen and oxygen atoms in total. The smallest absolute Gasteiger partial charge is 0.270 e. The summed E-state index contributed by atoms with van der Waals surface area (Å²) in [6, 6.07) is 1.95. The van der Waals surface area contributed by atoms with E-state index in [0.717, 1.165) is 50.9 Å². The first-order valence-electron chi connectivity index (χ1n) is 9.96. The molecule has 3 rings (SSSR count). The SMILES string of the molecule is Cc1nc(CC(C)C)cc(C(=O)NC(C2CCNCC2)C2CC(O)C2)n1. The van der Waals surface area contributed by atoms with Crippen molar-refractivity contribution < 1.29 is 9.90 Å². The largest absolute Gasteiger partial charge is 0.393 e. The van der Waals surface area contributed by atoms with E-state index >= 15 is 0 Å². The summed E-state index contributed by atoms with van der Waals surface area (Å²) in [5.74, 6) is 1.86.